The van der Waals surface area contributed by atoms with E-state index in [9.17, 15) is 0 Å². The zero-order chi connectivity index (χ0) is 0. The van der Waals surface area contributed by atoms with Crippen molar-refractivity contribution in [2.45, 2.75) is 0 Å². The summed E-state index contributed by atoms with van der Waals surface area (Å²) >= 11 is 0. The molecule has 0 aromatic carbocycles. The Labute approximate surface area is 59.7 Å². The second-order valence-electron chi connectivity index (χ2n) is 0. The summed E-state index contributed by atoms with van der Waals surface area (Å²) in [6.07, 6.45) is 0. The predicted molar refractivity (Wildman–Crippen MR) is 2.75 cm³/mol. The molecule has 0 aliphatic carbocycles. The van der Waals surface area contributed by atoms with Gasteiger partial charge in [0.1, 0.15) is 0 Å². The van der Waals surface area contributed by atoms with Gasteiger partial charge in [0.05, 0.1) is 0 Å². The minimum absolute atomic E-state index is 0. The Morgan fingerprint density at radius 3 is 0.500 bits per heavy atom. The van der Waals surface area contributed by atoms with E-state index in [1.807, 2.05) is 0 Å². The van der Waals surface area contributed by atoms with E-state index in [1.54, 1.807) is 0 Å². The molecule has 0 fully saturated rings. The van der Waals surface area contributed by atoms with E-state index in [1.165, 1.54) is 0 Å². The van der Waals surface area contributed by atoms with E-state index in [-0.39, 0.29) is 59.5 Å². The van der Waals surface area contributed by atoms with Crippen LogP contribution in [-0.4, -0.2) is 0 Å². The molecule has 0 aliphatic rings. The van der Waals surface area contributed by atoms with Gasteiger partial charge >= 0.3 is 37.6 Å². The van der Waals surface area contributed by atoms with Crippen LogP contribution in [0.25, 0.3) is 0 Å². The van der Waals surface area contributed by atoms with Crippen molar-refractivity contribution in [3.63, 3.8) is 0 Å². The van der Waals surface area contributed by atoms with Crippen LogP contribution in [0.3, 0.4) is 0 Å². The first-order valence-corrected chi connectivity index (χ1v) is 0. The molecule has 0 saturated heterocycles. The zero-order valence-corrected chi connectivity index (χ0v) is 6.28. The topological polar surface area (TPSA) is 114 Å². The Morgan fingerprint density at radius 1 is 0.500 bits per heavy atom. The van der Waals surface area contributed by atoms with E-state index in [4.69, 9.17) is 0 Å². The molecule has 6 heavy (non-hydrogen) atoms. The Hall–Kier alpha value is 1.02. The SMILES string of the molecule is [Ni+2].[O-2].[O-2].[O-2].[O-2].[W+6]. The summed E-state index contributed by atoms with van der Waals surface area (Å²) in [6, 6.07) is 0. The van der Waals surface area contributed by atoms with Crippen LogP contribution in [0.15, 0.2) is 0 Å². The van der Waals surface area contributed by atoms with Crippen LogP contribution < -0.4 is 0 Å². The molecule has 0 saturated carbocycles. The van der Waals surface area contributed by atoms with Gasteiger partial charge < -0.3 is 21.9 Å². The molecule has 0 radical (unpaired) electrons. The fourth-order valence-electron chi connectivity index (χ4n) is 0. The van der Waals surface area contributed by atoms with Gasteiger partial charge in [-0.15, -0.1) is 0 Å². The first kappa shape index (κ1) is 244. The van der Waals surface area contributed by atoms with Gasteiger partial charge in [0.25, 0.3) is 0 Å². The Morgan fingerprint density at radius 2 is 0.500 bits per heavy atom. The second-order valence-corrected chi connectivity index (χ2v) is 0. The number of hydrogen-bond donors (Lipinski definition) is 0. The molecule has 0 aliphatic heterocycles. The minimum Gasteiger partial charge on any atom is -2.00 e. The largest absolute Gasteiger partial charge is 6.00 e. The van der Waals surface area contributed by atoms with Crippen LogP contribution in [0, 0.1) is 0 Å². The van der Waals surface area contributed by atoms with E-state index >= 15 is 0 Å². The van der Waals surface area contributed by atoms with Crippen molar-refractivity contribution in [3.05, 3.63) is 0 Å². The molecule has 0 aromatic rings. The molecule has 4 nitrogen and oxygen atoms in total. The Bertz CT molecular complexity index is 7.51. The van der Waals surface area contributed by atoms with Crippen molar-refractivity contribution >= 4 is 0 Å². The maximum Gasteiger partial charge on any atom is 6.00 e. The van der Waals surface area contributed by atoms with Gasteiger partial charge in [0.15, 0.2) is 0 Å². The zero-order valence-electron chi connectivity index (χ0n) is 2.36. The standard InChI is InChI=1S/Ni.4O.W/q+2;4*-2;+6. The third kappa shape index (κ3) is 77.8. The third-order valence-corrected chi connectivity index (χ3v) is 0. The average molecular weight is 307 g/mol. The molecule has 0 amide bonds. The second kappa shape index (κ2) is 145. The van der Waals surface area contributed by atoms with Crippen LogP contribution in [-0.2, 0) is 59.5 Å². The summed E-state index contributed by atoms with van der Waals surface area (Å²) in [6.45, 7) is 0. The molecule has 0 rings (SSSR count). The Balaban J connectivity index is 0. The maximum atomic E-state index is 0. The summed E-state index contributed by atoms with van der Waals surface area (Å²) in [4.78, 5) is 0. The summed E-state index contributed by atoms with van der Waals surface area (Å²) < 4.78 is 0. The van der Waals surface area contributed by atoms with E-state index in [2.05, 4.69) is 0 Å². The molecule has 0 unspecified atom stereocenters. The number of rotatable bonds is 0. The smallest absolute Gasteiger partial charge is 2.00 e. The fraction of sp³-hybridized carbons (Fsp3) is 0. The molecular weight excluding hydrogens is 307 g/mol. The van der Waals surface area contributed by atoms with Crippen molar-refractivity contribution in [2.75, 3.05) is 0 Å². The fourth-order valence-corrected chi connectivity index (χ4v) is 0. The average Bonchev–Trinajstić information content (AvgIpc) is 0. The summed E-state index contributed by atoms with van der Waals surface area (Å²) in [5.74, 6) is 0. The summed E-state index contributed by atoms with van der Waals surface area (Å²) in [7, 11) is 0. The van der Waals surface area contributed by atoms with Crippen molar-refractivity contribution in [1.29, 1.82) is 0 Å². The van der Waals surface area contributed by atoms with E-state index in [0.717, 1.165) is 0 Å². The first-order valence-electron chi connectivity index (χ1n) is 0. The maximum absolute atomic E-state index is 0. The summed E-state index contributed by atoms with van der Waals surface area (Å²) in [5.41, 5.74) is 0. The van der Waals surface area contributed by atoms with Gasteiger partial charge in [-0.2, -0.15) is 0 Å². The molecule has 0 heterocycles. The third-order valence-electron chi connectivity index (χ3n) is 0. The van der Waals surface area contributed by atoms with Crippen LogP contribution in [0.1, 0.15) is 0 Å². The molecular formula is NiO4W. The normalized spacial score (nSPS) is 0. The van der Waals surface area contributed by atoms with Gasteiger partial charge in [-0.3, -0.25) is 0 Å². The minimum atomic E-state index is 0. The van der Waals surface area contributed by atoms with Crippen molar-refractivity contribution < 1.29 is 59.5 Å². The van der Waals surface area contributed by atoms with Crippen molar-refractivity contribution in [2.24, 2.45) is 0 Å². The molecule has 0 N–H and O–H groups in total. The van der Waals surface area contributed by atoms with Crippen LogP contribution in [0.4, 0.5) is 0 Å². The monoisotopic (exact) mass is 306 g/mol. The molecule has 0 bridgehead atoms. The van der Waals surface area contributed by atoms with E-state index in [0.29, 0.717) is 0 Å². The number of hydrogen-bond acceptors (Lipinski definition) is 0. The van der Waals surface area contributed by atoms with Crippen LogP contribution >= 0.6 is 0 Å². The molecule has 6 heteroatoms. The molecule has 0 spiro atoms. The van der Waals surface area contributed by atoms with Gasteiger partial charge in [-0.25, -0.2) is 0 Å². The van der Waals surface area contributed by atoms with E-state index < -0.39 is 0 Å². The van der Waals surface area contributed by atoms with Gasteiger partial charge in [-0.05, 0) is 0 Å². The van der Waals surface area contributed by atoms with Gasteiger partial charge in [0, 0.05) is 0 Å². The molecule has 0 aromatic heterocycles. The van der Waals surface area contributed by atoms with Crippen molar-refractivity contribution in [3.8, 4) is 0 Å². The Kier molecular flexibility index (Phi) is 5910. The summed E-state index contributed by atoms with van der Waals surface area (Å²) in [5, 5.41) is 0. The van der Waals surface area contributed by atoms with Gasteiger partial charge in [0.2, 0.25) is 0 Å². The van der Waals surface area contributed by atoms with Crippen molar-refractivity contribution in [1.82, 2.24) is 0 Å². The molecule has 0 atom stereocenters. The first-order chi connectivity index (χ1) is 0. The van der Waals surface area contributed by atoms with Crippen LogP contribution in [0.2, 0.25) is 0 Å². The quantitative estimate of drug-likeness (QED) is 0.538. The predicted octanol–water partition coefficient (Wildman–Crippen LogP) is -0.480. The molecule has 40 valence electrons. The van der Waals surface area contributed by atoms with Gasteiger partial charge in [-0.1, -0.05) is 0 Å². The van der Waals surface area contributed by atoms with Crippen LogP contribution in [0.5, 0.6) is 0 Å².